The zero-order chi connectivity index (χ0) is 22.0. The summed E-state index contributed by atoms with van der Waals surface area (Å²) in [5.41, 5.74) is 0.954. The SMILES string of the molecule is CCOc1cn(-c2cnn(CC(F)(F)F)c2)nc(-c2ccnn2-c2ccccc2)c1=O. The van der Waals surface area contributed by atoms with E-state index in [1.165, 1.54) is 29.5 Å². The summed E-state index contributed by atoms with van der Waals surface area (Å²) < 4.78 is 47.0. The van der Waals surface area contributed by atoms with Crippen LogP contribution in [0.1, 0.15) is 6.92 Å². The van der Waals surface area contributed by atoms with E-state index in [1.807, 2.05) is 30.3 Å². The maximum absolute atomic E-state index is 13.0. The molecule has 0 saturated carbocycles. The number of halogens is 3. The Hall–Kier alpha value is -3.89. The van der Waals surface area contributed by atoms with Crippen LogP contribution in [0.2, 0.25) is 0 Å². The van der Waals surface area contributed by atoms with Gasteiger partial charge in [0.2, 0.25) is 0 Å². The van der Waals surface area contributed by atoms with Crippen molar-refractivity contribution in [1.82, 2.24) is 29.3 Å². The first-order chi connectivity index (χ1) is 14.9. The van der Waals surface area contributed by atoms with Gasteiger partial charge in [0.15, 0.2) is 11.4 Å². The van der Waals surface area contributed by atoms with Gasteiger partial charge in [-0.1, -0.05) is 18.2 Å². The number of ether oxygens (including phenoxy) is 1. The quantitative estimate of drug-likeness (QED) is 0.469. The second-order valence-corrected chi connectivity index (χ2v) is 6.52. The molecule has 0 saturated heterocycles. The van der Waals surface area contributed by atoms with Crippen molar-refractivity contribution in [2.75, 3.05) is 6.61 Å². The predicted molar refractivity (Wildman–Crippen MR) is 105 cm³/mol. The summed E-state index contributed by atoms with van der Waals surface area (Å²) in [5.74, 6) is 0.0110. The summed E-state index contributed by atoms with van der Waals surface area (Å²) in [6.07, 6.45) is 0.871. The zero-order valence-electron chi connectivity index (χ0n) is 16.3. The molecule has 4 rings (SSSR count). The van der Waals surface area contributed by atoms with Crippen LogP contribution >= 0.6 is 0 Å². The highest BCUT2D eigenvalue weighted by atomic mass is 19.4. The van der Waals surface area contributed by atoms with Crippen molar-refractivity contribution in [1.29, 1.82) is 0 Å². The Morgan fingerprint density at radius 3 is 2.52 bits per heavy atom. The van der Waals surface area contributed by atoms with E-state index in [1.54, 1.807) is 17.7 Å². The first-order valence-electron chi connectivity index (χ1n) is 9.32. The van der Waals surface area contributed by atoms with Gasteiger partial charge in [-0.3, -0.25) is 9.48 Å². The molecule has 3 heterocycles. The third-order valence-corrected chi connectivity index (χ3v) is 4.30. The molecule has 31 heavy (non-hydrogen) atoms. The molecule has 0 fully saturated rings. The topological polar surface area (TPSA) is 79.8 Å². The van der Waals surface area contributed by atoms with Crippen molar-refractivity contribution < 1.29 is 17.9 Å². The molecule has 0 aliphatic rings. The largest absolute Gasteiger partial charge is 0.488 e. The maximum Gasteiger partial charge on any atom is 0.408 e. The Labute approximate surface area is 174 Å². The average Bonchev–Trinajstić information content (AvgIpc) is 3.39. The number of rotatable bonds is 6. The lowest BCUT2D eigenvalue weighted by molar-refractivity contribution is -0.142. The van der Waals surface area contributed by atoms with Crippen LogP contribution in [0.4, 0.5) is 13.2 Å². The number of nitrogens with zero attached hydrogens (tertiary/aromatic N) is 6. The van der Waals surface area contributed by atoms with Gasteiger partial charge in [0.25, 0.3) is 5.43 Å². The number of benzene rings is 1. The smallest absolute Gasteiger partial charge is 0.408 e. The maximum atomic E-state index is 13.0. The molecule has 0 N–H and O–H groups in total. The van der Waals surface area contributed by atoms with E-state index in [0.29, 0.717) is 5.69 Å². The minimum atomic E-state index is -4.41. The molecular formula is C20H17F3N6O2. The van der Waals surface area contributed by atoms with E-state index >= 15 is 0 Å². The van der Waals surface area contributed by atoms with Crippen molar-refractivity contribution in [2.45, 2.75) is 19.6 Å². The van der Waals surface area contributed by atoms with E-state index in [0.717, 1.165) is 10.4 Å². The van der Waals surface area contributed by atoms with Crippen molar-refractivity contribution in [3.8, 4) is 28.5 Å². The Bertz CT molecular complexity index is 1240. The first kappa shape index (κ1) is 20.4. The summed E-state index contributed by atoms with van der Waals surface area (Å²) in [6, 6.07) is 10.8. The van der Waals surface area contributed by atoms with Crippen molar-refractivity contribution in [3.63, 3.8) is 0 Å². The number of aromatic nitrogens is 6. The molecule has 0 amide bonds. The fraction of sp³-hybridized carbons (Fsp3) is 0.200. The second-order valence-electron chi connectivity index (χ2n) is 6.52. The van der Waals surface area contributed by atoms with Crippen LogP contribution in [0.25, 0.3) is 22.8 Å². The van der Waals surface area contributed by atoms with Crippen molar-refractivity contribution in [2.24, 2.45) is 0 Å². The number of hydrogen-bond acceptors (Lipinski definition) is 5. The zero-order valence-corrected chi connectivity index (χ0v) is 16.3. The Kier molecular flexibility index (Phi) is 5.32. The van der Waals surface area contributed by atoms with Gasteiger partial charge >= 0.3 is 6.18 Å². The Balaban J connectivity index is 1.83. The fourth-order valence-electron chi connectivity index (χ4n) is 3.03. The lowest BCUT2D eigenvalue weighted by Gasteiger charge is -2.11. The third-order valence-electron chi connectivity index (χ3n) is 4.30. The van der Waals surface area contributed by atoms with Gasteiger partial charge < -0.3 is 4.74 Å². The summed E-state index contributed by atoms with van der Waals surface area (Å²) in [4.78, 5) is 13.0. The van der Waals surface area contributed by atoms with Gasteiger partial charge in [0, 0.05) is 0 Å². The molecule has 0 aliphatic carbocycles. The molecule has 0 spiro atoms. The standard InChI is InChI=1S/C20H17F3N6O2/c1-2-31-17-12-28(15-10-25-27(11-15)13-20(21,22)23)26-18(19(17)30)16-8-9-24-29(16)14-6-4-3-5-7-14/h3-12H,2,13H2,1H3. The van der Waals surface area contributed by atoms with Crippen LogP contribution in [0.5, 0.6) is 5.75 Å². The van der Waals surface area contributed by atoms with Crippen molar-refractivity contribution in [3.05, 3.63) is 71.4 Å². The Morgan fingerprint density at radius 2 is 1.81 bits per heavy atom. The summed E-state index contributed by atoms with van der Waals surface area (Å²) in [6.45, 7) is 0.711. The highest BCUT2D eigenvalue weighted by Gasteiger charge is 2.28. The average molecular weight is 430 g/mol. The van der Waals surface area contributed by atoms with Crippen LogP contribution in [-0.2, 0) is 6.54 Å². The molecule has 1 aromatic carbocycles. The minimum absolute atomic E-state index is 0.0110. The molecule has 0 unspecified atom stereocenters. The normalized spacial score (nSPS) is 11.6. The van der Waals surface area contributed by atoms with Gasteiger partial charge in [0.05, 0.1) is 42.8 Å². The van der Waals surface area contributed by atoms with Gasteiger partial charge in [-0.2, -0.15) is 28.5 Å². The van der Waals surface area contributed by atoms with Crippen LogP contribution in [0.15, 0.2) is 66.0 Å². The van der Waals surface area contributed by atoms with Crippen molar-refractivity contribution >= 4 is 0 Å². The Morgan fingerprint density at radius 1 is 1.03 bits per heavy atom. The van der Waals surface area contributed by atoms with E-state index in [4.69, 9.17) is 4.74 Å². The van der Waals surface area contributed by atoms with Crippen LogP contribution in [0.3, 0.4) is 0 Å². The molecule has 4 aromatic rings. The van der Waals surface area contributed by atoms with Crippen LogP contribution in [0, 0.1) is 0 Å². The fourth-order valence-corrected chi connectivity index (χ4v) is 3.03. The predicted octanol–water partition coefficient (Wildman–Crippen LogP) is 3.24. The molecule has 0 aliphatic heterocycles. The van der Waals surface area contributed by atoms with Gasteiger partial charge in [-0.05, 0) is 25.1 Å². The lowest BCUT2D eigenvalue weighted by Crippen LogP contribution is -2.19. The van der Waals surface area contributed by atoms with Crippen LogP contribution < -0.4 is 10.2 Å². The molecule has 0 radical (unpaired) electrons. The summed E-state index contributed by atoms with van der Waals surface area (Å²) in [7, 11) is 0. The third kappa shape index (κ3) is 4.34. The van der Waals surface area contributed by atoms with Gasteiger partial charge in [-0.15, -0.1) is 0 Å². The molecule has 11 heteroatoms. The number of alkyl halides is 3. The van der Waals surface area contributed by atoms with E-state index < -0.39 is 18.1 Å². The highest BCUT2D eigenvalue weighted by Crippen LogP contribution is 2.22. The summed E-state index contributed by atoms with van der Waals surface area (Å²) in [5, 5.41) is 12.4. The molecule has 8 nitrogen and oxygen atoms in total. The number of hydrogen-bond donors (Lipinski definition) is 0. The van der Waals surface area contributed by atoms with Gasteiger partial charge in [0.1, 0.15) is 12.2 Å². The molecule has 0 atom stereocenters. The summed E-state index contributed by atoms with van der Waals surface area (Å²) >= 11 is 0. The number of para-hydroxylation sites is 1. The minimum Gasteiger partial charge on any atom is -0.488 e. The van der Waals surface area contributed by atoms with Crippen LogP contribution in [-0.4, -0.2) is 42.1 Å². The molecular weight excluding hydrogens is 413 g/mol. The lowest BCUT2D eigenvalue weighted by atomic mass is 10.2. The van der Waals surface area contributed by atoms with E-state index in [-0.39, 0.29) is 23.7 Å². The molecule has 3 aromatic heterocycles. The monoisotopic (exact) mass is 430 g/mol. The van der Waals surface area contributed by atoms with E-state index in [9.17, 15) is 18.0 Å². The highest BCUT2D eigenvalue weighted by molar-refractivity contribution is 5.59. The first-order valence-corrected chi connectivity index (χ1v) is 9.32. The molecule has 0 bridgehead atoms. The van der Waals surface area contributed by atoms with Gasteiger partial charge in [-0.25, -0.2) is 9.36 Å². The second kappa shape index (κ2) is 8.09. The molecule has 160 valence electrons. The van der Waals surface area contributed by atoms with E-state index in [2.05, 4.69) is 15.3 Å².